The number of nitrogens with two attached hydrogens (primary N) is 1. The largest absolute Gasteiger partial charge is 0.453 e. The lowest BCUT2D eigenvalue weighted by Crippen LogP contribution is -2.28. The first kappa shape index (κ1) is 38.4. The predicted octanol–water partition coefficient (Wildman–Crippen LogP) is 5.12. The van der Waals surface area contributed by atoms with Gasteiger partial charge in [-0.3, -0.25) is 5.10 Å². The SMILES string of the molecule is COC(=O)N(C)CCc1ccc(N)c(CS(=O)(=O)c2ccccc2)c1.COC(=O)N(C)CCc1ccc2n[nH]c(S(=O)(=O)c3ccccc3)c2c1. The second-order valence-corrected chi connectivity index (χ2v) is 15.5. The monoisotopic (exact) mass is 735 g/mol. The number of amides is 2. The van der Waals surface area contributed by atoms with Crippen molar-refractivity contribution in [2.45, 2.75) is 33.4 Å². The van der Waals surface area contributed by atoms with E-state index in [1.165, 1.54) is 24.0 Å². The van der Waals surface area contributed by atoms with Gasteiger partial charge in [-0.15, -0.1) is 0 Å². The summed E-state index contributed by atoms with van der Waals surface area (Å²) in [4.78, 5) is 26.3. The van der Waals surface area contributed by atoms with E-state index < -0.39 is 31.9 Å². The number of sulfone groups is 2. The van der Waals surface area contributed by atoms with Gasteiger partial charge in [-0.1, -0.05) is 54.6 Å². The third-order valence-electron chi connectivity index (χ3n) is 8.01. The lowest BCUT2D eigenvalue weighted by atomic mass is 10.1. The number of anilines is 1. The Hall–Kier alpha value is -5.41. The van der Waals surface area contributed by atoms with Crippen molar-refractivity contribution in [3.05, 3.63) is 114 Å². The molecule has 15 heteroatoms. The maximum Gasteiger partial charge on any atom is 0.409 e. The molecule has 0 saturated heterocycles. The van der Waals surface area contributed by atoms with Crippen LogP contribution >= 0.6 is 0 Å². The van der Waals surface area contributed by atoms with Gasteiger partial charge in [0.1, 0.15) is 0 Å². The maximum atomic E-state index is 12.9. The van der Waals surface area contributed by atoms with Crippen molar-refractivity contribution >= 4 is 48.5 Å². The number of hydrogen-bond acceptors (Lipinski definition) is 10. The maximum absolute atomic E-state index is 12.9. The molecule has 0 aliphatic carbocycles. The molecule has 3 N–H and O–H groups in total. The van der Waals surface area contributed by atoms with Gasteiger partial charge < -0.3 is 25.0 Å². The summed E-state index contributed by atoms with van der Waals surface area (Å²) in [5.41, 5.74) is 9.33. The van der Waals surface area contributed by atoms with Crippen LogP contribution in [0.25, 0.3) is 10.9 Å². The number of fused-ring (bicyclic) bond motifs is 1. The zero-order chi connectivity index (χ0) is 37.2. The Morgan fingerprint density at radius 1 is 0.725 bits per heavy atom. The summed E-state index contributed by atoms with van der Waals surface area (Å²) in [5, 5.41) is 7.35. The molecule has 0 atom stereocenters. The van der Waals surface area contributed by atoms with Crippen LogP contribution in [0.15, 0.2) is 112 Å². The van der Waals surface area contributed by atoms with Gasteiger partial charge in [0.15, 0.2) is 14.9 Å². The molecular weight excluding hydrogens is 695 g/mol. The number of nitrogen functional groups attached to an aromatic ring is 1. The molecule has 1 heterocycles. The number of rotatable bonds is 11. The van der Waals surface area contributed by atoms with Crippen molar-refractivity contribution in [3.8, 4) is 0 Å². The van der Waals surface area contributed by atoms with Crippen molar-refractivity contribution in [1.82, 2.24) is 20.0 Å². The molecular formula is C36H41N5O8S2. The first-order valence-corrected chi connectivity index (χ1v) is 18.9. The molecule has 0 unspecified atom stereocenters. The van der Waals surface area contributed by atoms with Crippen LogP contribution in [0.2, 0.25) is 0 Å². The third kappa shape index (κ3) is 9.86. The highest BCUT2D eigenvalue weighted by Gasteiger charge is 2.23. The highest BCUT2D eigenvalue weighted by molar-refractivity contribution is 7.91. The molecule has 1 aromatic heterocycles. The van der Waals surface area contributed by atoms with E-state index in [9.17, 15) is 26.4 Å². The molecule has 4 aromatic carbocycles. The molecule has 0 fully saturated rings. The van der Waals surface area contributed by atoms with E-state index in [0.29, 0.717) is 48.1 Å². The summed E-state index contributed by atoms with van der Waals surface area (Å²) in [6, 6.07) is 27.3. The number of aromatic nitrogens is 2. The third-order valence-corrected chi connectivity index (χ3v) is 11.4. The Bertz CT molecular complexity index is 2180. The van der Waals surface area contributed by atoms with Gasteiger partial charge in [-0.05, 0) is 72.0 Å². The molecule has 5 rings (SSSR count). The fraction of sp³-hybridized carbons (Fsp3) is 0.250. The van der Waals surface area contributed by atoms with Crippen LogP contribution in [0.4, 0.5) is 15.3 Å². The minimum absolute atomic E-state index is 0.0712. The van der Waals surface area contributed by atoms with Crippen molar-refractivity contribution < 1.29 is 35.9 Å². The highest BCUT2D eigenvalue weighted by atomic mass is 32.2. The number of likely N-dealkylation sites (N-methyl/N-ethyl adjacent to an activating group) is 2. The lowest BCUT2D eigenvalue weighted by molar-refractivity contribution is 0.133. The quantitative estimate of drug-likeness (QED) is 0.173. The van der Waals surface area contributed by atoms with Crippen LogP contribution in [0.5, 0.6) is 0 Å². The molecule has 5 aromatic rings. The van der Waals surface area contributed by atoms with Crippen LogP contribution in [0, 0.1) is 0 Å². The molecule has 2 amide bonds. The Morgan fingerprint density at radius 2 is 1.24 bits per heavy atom. The van der Waals surface area contributed by atoms with Crippen LogP contribution in [0.1, 0.15) is 16.7 Å². The van der Waals surface area contributed by atoms with Gasteiger partial charge in [-0.2, -0.15) is 5.10 Å². The number of aromatic amines is 1. The van der Waals surface area contributed by atoms with E-state index in [2.05, 4.69) is 19.7 Å². The number of ether oxygens (including phenoxy) is 2. The van der Waals surface area contributed by atoms with Crippen molar-refractivity contribution in [2.75, 3.05) is 47.1 Å². The Kier molecular flexibility index (Phi) is 12.8. The standard InChI is InChI=1S/C18H19N3O4S.C18H22N2O4S/c1-21(18(22)25-2)11-10-13-8-9-16-15(12-13)17(20-19-16)26(23,24)14-6-4-3-5-7-14;1-20(18(21)24-2)11-10-14-8-9-17(19)15(12-14)13-25(22,23)16-6-4-3-5-7-16/h3-9,12H,10-11H2,1-2H3,(H,19,20);3-9,12H,10-11,13,19H2,1-2H3. The normalized spacial score (nSPS) is 11.3. The minimum Gasteiger partial charge on any atom is -0.453 e. The number of carbonyl (C=O) groups is 2. The average Bonchev–Trinajstić information content (AvgIpc) is 3.58. The molecule has 270 valence electrons. The number of methoxy groups -OCH3 is 2. The Labute approximate surface area is 297 Å². The molecule has 0 spiro atoms. The van der Waals surface area contributed by atoms with E-state index in [0.717, 1.165) is 11.1 Å². The van der Waals surface area contributed by atoms with Gasteiger partial charge in [0, 0.05) is 38.3 Å². The second kappa shape index (κ2) is 17.0. The summed E-state index contributed by atoms with van der Waals surface area (Å²) in [6.45, 7) is 0.915. The molecule has 0 aliphatic heterocycles. The molecule has 0 radical (unpaired) electrons. The van der Waals surface area contributed by atoms with Crippen LogP contribution in [-0.4, -0.2) is 90.4 Å². The first-order chi connectivity index (χ1) is 24.3. The van der Waals surface area contributed by atoms with E-state index >= 15 is 0 Å². The number of hydrogen-bond donors (Lipinski definition) is 2. The van der Waals surface area contributed by atoms with Gasteiger partial charge in [0.25, 0.3) is 0 Å². The van der Waals surface area contributed by atoms with E-state index in [4.69, 9.17) is 5.73 Å². The van der Waals surface area contributed by atoms with Crippen molar-refractivity contribution in [2.24, 2.45) is 0 Å². The zero-order valence-corrected chi connectivity index (χ0v) is 30.4. The van der Waals surface area contributed by atoms with Crippen LogP contribution < -0.4 is 5.73 Å². The van der Waals surface area contributed by atoms with Gasteiger partial charge in [0.05, 0.1) is 35.3 Å². The van der Waals surface area contributed by atoms with Gasteiger partial charge in [0.2, 0.25) is 9.84 Å². The summed E-state index contributed by atoms with van der Waals surface area (Å²) in [5.74, 6) is -0.163. The Morgan fingerprint density at radius 3 is 1.78 bits per heavy atom. The molecule has 13 nitrogen and oxygen atoms in total. The van der Waals surface area contributed by atoms with E-state index in [-0.39, 0.29) is 20.6 Å². The summed E-state index contributed by atoms with van der Waals surface area (Å²) >= 11 is 0. The number of benzene rings is 4. The number of nitrogens with zero attached hydrogens (tertiary/aromatic N) is 3. The highest BCUT2D eigenvalue weighted by Crippen LogP contribution is 2.27. The topological polar surface area (TPSA) is 182 Å². The fourth-order valence-corrected chi connectivity index (χ4v) is 7.82. The number of nitrogens with one attached hydrogen (secondary N) is 1. The molecule has 0 saturated carbocycles. The van der Waals surface area contributed by atoms with Crippen molar-refractivity contribution in [3.63, 3.8) is 0 Å². The first-order valence-electron chi connectivity index (χ1n) is 15.8. The van der Waals surface area contributed by atoms with E-state index in [1.807, 2.05) is 12.1 Å². The summed E-state index contributed by atoms with van der Waals surface area (Å²) in [6.07, 6.45) is 0.311. The summed E-state index contributed by atoms with van der Waals surface area (Å²) in [7, 11) is -1.21. The molecule has 0 bridgehead atoms. The average molecular weight is 736 g/mol. The van der Waals surface area contributed by atoms with Gasteiger partial charge >= 0.3 is 12.2 Å². The number of carbonyl (C=O) groups excluding carboxylic acids is 2. The minimum atomic E-state index is -3.69. The predicted molar refractivity (Wildman–Crippen MR) is 194 cm³/mol. The van der Waals surface area contributed by atoms with Crippen LogP contribution in [-0.2, 0) is 47.7 Å². The second-order valence-electron chi connectivity index (χ2n) is 11.6. The van der Waals surface area contributed by atoms with Crippen molar-refractivity contribution in [1.29, 1.82) is 0 Å². The lowest BCUT2D eigenvalue weighted by Gasteiger charge is -2.16. The van der Waals surface area contributed by atoms with Crippen LogP contribution in [0.3, 0.4) is 0 Å². The number of H-pyrrole nitrogens is 1. The smallest absolute Gasteiger partial charge is 0.409 e. The Balaban J connectivity index is 0.000000229. The fourth-order valence-electron chi connectivity index (χ4n) is 5.05. The molecule has 51 heavy (non-hydrogen) atoms. The van der Waals surface area contributed by atoms with E-state index in [1.54, 1.807) is 99.0 Å². The van der Waals surface area contributed by atoms with Gasteiger partial charge in [-0.25, -0.2) is 26.4 Å². The summed E-state index contributed by atoms with van der Waals surface area (Å²) < 4.78 is 60.1. The molecule has 0 aliphatic rings. The zero-order valence-electron chi connectivity index (χ0n) is 28.8.